The maximum absolute atomic E-state index is 12.6. The maximum Gasteiger partial charge on any atom is 0.269 e. The van der Waals surface area contributed by atoms with Crippen molar-refractivity contribution in [3.63, 3.8) is 0 Å². The van der Waals surface area contributed by atoms with Gasteiger partial charge in [0.15, 0.2) is 0 Å². The van der Waals surface area contributed by atoms with Crippen LogP contribution < -0.4 is 5.56 Å². The Kier molecular flexibility index (Phi) is 5.93. The van der Waals surface area contributed by atoms with E-state index in [2.05, 4.69) is 4.98 Å². The first-order chi connectivity index (χ1) is 13.8. The lowest BCUT2D eigenvalue weighted by atomic mass is 10.1. The fourth-order valence-corrected chi connectivity index (χ4v) is 3.22. The molecule has 0 saturated heterocycles. The molecule has 0 bridgehead atoms. The number of benzene rings is 2. The Hall–Kier alpha value is -3.26. The van der Waals surface area contributed by atoms with Crippen LogP contribution in [0.5, 0.6) is 0 Å². The molecule has 0 fully saturated rings. The van der Waals surface area contributed by atoms with Gasteiger partial charge in [-0.2, -0.15) is 0 Å². The molecule has 0 aliphatic rings. The number of carbonyl (C=O) groups is 1. The molecule has 0 spiro atoms. The normalized spacial score (nSPS) is 10.9. The first kappa shape index (κ1) is 20.5. The van der Waals surface area contributed by atoms with E-state index in [0.29, 0.717) is 21.5 Å². The molecule has 0 aliphatic heterocycles. The largest absolute Gasteiger partial charge is 0.341 e. The highest BCUT2D eigenvalue weighted by molar-refractivity contribution is 6.31. The summed E-state index contributed by atoms with van der Waals surface area (Å²) in [6.07, 6.45) is 1.53. The Balaban J connectivity index is 1.70. The molecule has 9 heteroatoms. The number of hydrogen-bond acceptors (Lipinski definition) is 5. The summed E-state index contributed by atoms with van der Waals surface area (Å²) in [7, 11) is 1.59. The van der Waals surface area contributed by atoms with E-state index < -0.39 is 4.92 Å². The van der Waals surface area contributed by atoms with Crippen molar-refractivity contribution >= 4 is 34.1 Å². The third-order valence-corrected chi connectivity index (χ3v) is 5.06. The summed E-state index contributed by atoms with van der Waals surface area (Å²) in [6.45, 7) is 2.20. The van der Waals surface area contributed by atoms with E-state index in [1.54, 1.807) is 19.2 Å². The number of aryl methyl sites for hydroxylation is 2. The lowest BCUT2D eigenvalue weighted by Crippen LogP contribution is -2.29. The number of carbonyl (C=O) groups excluding carboxylic acids is 1. The molecule has 0 unspecified atom stereocenters. The number of para-hydroxylation sites is 1. The van der Waals surface area contributed by atoms with Gasteiger partial charge in [0.25, 0.3) is 11.2 Å². The predicted octanol–water partition coefficient (Wildman–Crippen LogP) is 3.32. The molecule has 8 nitrogen and oxygen atoms in total. The number of amides is 1. The van der Waals surface area contributed by atoms with Gasteiger partial charge < -0.3 is 4.90 Å². The van der Waals surface area contributed by atoms with Crippen molar-refractivity contribution in [3.8, 4) is 0 Å². The molecule has 3 aromatic rings. The molecule has 150 valence electrons. The van der Waals surface area contributed by atoms with Crippen LogP contribution in [0.4, 0.5) is 5.69 Å². The van der Waals surface area contributed by atoms with Gasteiger partial charge in [-0.05, 0) is 30.2 Å². The highest BCUT2D eigenvalue weighted by Crippen LogP contribution is 2.23. The van der Waals surface area contributed by atoms with Crippen LogP contribution in [0.25, 0.3) is 10.9 Å². The second-order valence-electron chi connectivity index (χ2n) is 6.75. The average molecular weight is 415 g/mol. The van der Waals surface area contributed by atoms with Gasteiger partial charge in [0.2, 0.25) is 5.91 Å². The van der Waals surface area contributed by atoms with Crippen molar-refractivity contribution in [2.45, 2.75) is 26.4 Å². The summed E-state index contributed by atoms with van der Waals surface area (Å²) in [5.41, 5.74) is 1.76. The number of fused-ring (bicyclic) bond motifs is 1. The van der Waals surface area contributed by atoms with Gasteiger partial charge in [-0.3, -0.25) is 24.3 Å². The van der Waals surface area contributed by atoms with Crippen LogP contribution in [0.1, 0.15) is 17.5 Å². The fourth-order valence-electron chi connectivity index (χ4n) is 3.04. The SMILES string of the molecule is Cc1cccc2c(=O)n(CCC(=O)N(C)Cc3cc([N+](=O)[O-])ccc3Cl)cnc12. The first-order valence-electron chi connectivity index (χ1n) is 8.89. The fraction of sp³-hybridized carbons (Fsp3) is 0.250. The van der Waals surface area contributed by atoms with Crippen LogP contribution in [0.3, 0.4) is 0 Å². The van der Waals surface area contributed by atoms with Gasteiger partial charge in [-0.1, -0.05) is 23.7 Å². The number of non-ortho nitro benzene ring substituents is 1. The van der Waals surface area contributed by atoms with Gasteiger partial charge in [0, 0.05) is 43.7 Å². The summed E-state index contributed by atoms with van der Waals surface area (Å²) in [5, 5.41) is 11.8. The molecule has 0 atom stereocenters. The second kappa shape index (κ2) is 8.40. The minimum Gasteiger partial charge on any atom is -0.341 e. The lowest BCUT2D eigenvalue weighted by molar-refractivity contribution is -0.384. The Morgan fingerprint density at radius 1 is 1.31 bits per heavy atom. The van der Waals surface area contributed by atoms with Gasteiger partial charge in [0.1, 0.15) is 0 Å². The quantitative estimate of drug-likeness (QED) is 0.455. The topological polar surface area (TPSA) is 98.3 Å². The van der Waals surface area contributed by atoms with Crippen molar-refractivity contribution in [2.75, 3.05) is 7.05 Å². The first-order valence-corrected chi connectivity index (χ1v) is 9.27. The van der Waals surface area contributed by atoms with Crippen molar-refractivity contribution in [3.05, 3.63) is 79.3 Å². The number of nitro groups is 1. The van der Waals surface area contributed by atoms with E-state index in [1.807, 2.05) is 13.0 Å². The summed E-state index contributed by atoms with van der Waals surface area (Å²) >= 11 is 6.10. The summed E-state index contributed by atoms with van der Waals surface area (Å²) in [6, 6.07) is 9.51. The third kappa shape index (κ3) is 4.43. The Morgan fingerprint density at radius 3 is 2.79 bits per heavy atom. The van der Waals surface area contributed by atoms with Crippen molar-refractivity contribution < 1.29 is 9.72 Å². The molecule has 1 aromatic heterocycles. The molecule has 0 saturated carbocycles. The van der Waals surface area contributed by atoms with Crippen LogP contribution >= 0.6 is 11.6 Å². The van der Waals surface area contributed by atoms with Gasteiger partial charge in [-0.15, -0.1) is 0 Å². The standard InChI is InChI=1S/C20H19ClN4O4/c1-13-4-3-5-16-19(13)22-12-24(20(16)27)9-8-18(26)23(2)11-14-10-15(25(28)29)6-7-17(14)21/h3-7,10,12H,8-9,11H2,1-2H3. The predicted molar refractivity (Wildman–Crippen MR) is 110 cm³/mol. The number of nitrogens with zero attached hydrogens (tertiary/aromatic N) is 4. The summed E-state index contributed by atoms with van der Waals surface area (Å²) in [4.78, 5) is 41.3. The molecule has 0 N–H and O–H groups in total. The Morgan fingerprint density at radius 2 is 2.07 bits per heavy atom. The molecule has 0 radical (unpaired) electrons. The highest BCUT2D eigenvalue weighted by Gasteiger charge is 2.15. The van der Waals surface area contributed by atoms with Gasteiger partial charge >= 0.3 is 0 Å². The zero-order valence-corrected chi connectivity index (χ0v) is 16.7. The lowest BCUT2D eigenvalue weighted by Gasteiger charge is -2.18. The van der Waals surface area contributed by atoms with Crippen molar-refractivity contribution in [1.82, 2.24) is 14.5 Å². The smallest absolute Gasteiger partial charge is 0.269 e. The zero-order valence-electron chi connectivity index (χ0n) is 16.0. The molecule has 3 rings (SSSR count). The molecular formula is C20H19ClN4O4. The van der Waals surface area contributed by atoms with E-state index in [9.17, 15) is 19.7 Å². The Labute approximate surface area is 171 Å². The van der Waals surface area contributed by atoms with Crippen molar-refractivity contribution in [2.24, 2.45) is 0 Å². The monoisotopic (exact) mass is 414 g/mol. The zero-order chi connectivity index (χ0) is 21.1. The number of nitro benzene ring substituents is 1. The minimum atomic E-state index is -0.511. The number of aromatic nitrogens is 2. The number of halogens is 1. The van der Waals surface area contributed by atoms with E-state index in [-0.39, 0.29) is 36.7 Å². The van der Waals surface area contributed by atoms with Crippen molar-refractivity contribution in [1.29, 1.82) is 0 Å². The van der Waals surface area contributed by atoms with Crippen LogP contribution in [0, 0.1) is 17.0 Å². The second-order valence-corrected chi connectivity index (χ2v) is 7.15. The third-order valence-electron chi connectivity index (χ3n) is 4.70. The van der Waals surface area contributed by atoms with Crippen LogP contribution in [-0.4, -0.2) is 32.3 Å². The molecule has 29 heavy (non-hydrogen) atoms. The van der Waals surface area contributed by atoms with Crippen LogP contribution in [-0.2, 0) is 17.9 Å². The Bertz CT molecular complexity index is 1160. The maximum atomic E-state index is 12.6. The number of hydrogen-bond donors (Lipinski definition) is 0. The van der Waals surface area contributed by atoms with Gasteiger partial charge in [-0.25, -0.2) is 4.98 Å². The van der Waals surface area contributed by atoms with E-state index in [1.165, 1.54) is 34.0 Å². The number of rotatable bonds is 6. The summed E-state index contributed by atoms with van der Waals surface area (Å²) < 4.78 is 1.41. The van der Waals surface area contributed by atoms with E-state index in [4.69, 9.17) is 11.6 Å². The molecule has 2 aromatic carbocycles. The average Bonchev–Trinajstić information content (AvgIpc) is 2.69. The van der Waals surface area contributed by atoms with Crippen LogP contribution in [0.2, 0.25) is 5.02 Å². The highest BCUT2D eigenvalue weighted by atomic mass is 35.5. The molecule has 1 amide bonds. The van der Waals surface area contributed by atoms with E-state index in [0.717, 1.165) is 5.56 Å². The minimum absolute atomic E-state index is 0.0853. The summed E-state index contributed by atoms with van der Waals surface area (Å²) in [5.74, 6) is -0.219. The molecule has 1 heterocycles. The molecular weight excluding hydrogens is 396 g/mol. The van der Waals surface area contributed by atoms with Crippen LogP contribution in [0.15, 0.2) is 47.5 Å². The van der Waals surface area contributed by atoms with Gasteiger partial charge in [0.05, 0.1) is 22.2 Å². The molecule has 0 aliphatic carbocycles. The van der Waals surface area contributed by atoms with E-state index >= 15 is 0 Å².